The summed E-state index contributed by atoms with van der Waals surface area (Å²) in [6, 6.07) is 0. The summed E-state index contributed by atoms with van der Waals surface area (Å²) < 4.78 is 17.0. The smallest absolute Gasteiger partial charge is 0.306 e. The van der Waals surface area contributed by atoms with Crippen LogP contribution in [0.2, 0.25) is 0 Å². The molecule has 0 aromatic rings. The van der Waals surface area contributed by atoms with Gasteiger partial charge in [0, 0.05) is 19.3 Å². The molecule has 0 N–H and O–H groups in total. The quantitative estimate of drug-likeness (QED) is 0.0261. The van der Waals surface area contributed by atoms with Gasteiger partial charge in [-0.05, 0) is 51.4 Å². The number of esters is 3. The highest BCUT2D eigenvalue weighted by molar-refractivity contribution is 5.71. The zero-order valence-corrected chi connectivity index (χ0v) is 51.6. The average molecular weight is 1070 g/mol. The largest absolute Gasteiger partial charge is 0.462 e. The van der Waals surface area contributed by atoms with Crippen molar-refractivity contribution in [1.82, 2.24) is 0 Å². The summed E-state index contributed by atoms with van der Waals surface area (Å²) in [6.45, 7) is 6.70. The van der Waals surface area contributed by atoms with E-state index in [2.05, 4.69) is 45.1 Å². The summed E-state index contributed by atoms with van der Waals surface area (Å²) in [5.41, 5.74) is 0. The number of carbonyl (C=O) groups is 3. The summed E-state index contributed by atoms with van der Waals surface area (Å²) >= 11 is 0. The van der Waals surface area contributed by atoms with Crippen LogP contribution in [0.3, 0.4) is 0 Å². The number of ether oxygens (including phenoxy) is 3. The van der Waals surface area contributed by atoms with Crippen LogP contribution >= 0.6 is 0 Å². The van der Waals surface area contributed by atoms with E-state index in [0.29, 0.717) is 19.3 Å². The van der Waals surface area contributed by atoms with E-state index in [-0.39, 0.29) is 31.1 Å². The highest BCUT2D eigenvalue weighted by Gasteiger charge is 2.19. The molecule has 6 nitrogen and oxygen atoms in total. The Morgan fingerprint density at radius 2 is 0.474 bits per heavy atom. The Balaban J connectivity index is 4.30. The SMILES string of the molecule is CCCCCC/C=C\C/C=C\CCCCCCCCCC(=O)OC(COC(=O)CCCCCCCCCCCCCCCCCCCC)COC(=O)CCCCCCCCCCCCCCCCCCCCCCCC. The molecule has 0 aliphatic rings. The molecule has 0 radical (unpaired) electrons. The summed E-state index contributed by atoms with van der Waals surface area (Å²) in [5, 5.41) is 0. The fraction of sp³-hybridized carbons (Fsp3) is 0.900. The molecule has 0 aromatic carbocycles. The van der Waals surface area contributed by atoms with E-state index in [1.54, 1.807) is 0 Å². The molecule has 0 aliphatic carbocycles. The van der Waals surface area contributed by atoms with Gasteiger partial charge in [0.25, 0.3) is 0 Å². The molecule has 76 heavy (non-hydrogen) atoms. The van der Waals surface area contributed by atoms with Gasteiger partial charge in [-0.15, -0.1) is 0 Å². The third-order valence-corrected chi connectivity index (χ3v) is 15.7. The topological polar surface area (TPSA) is 78.9 Å². The third-order valence-electron chi connectivity index (χ3n) is 15.7. The summed E-state index contributed by atoms with van der Waals surface area (Å²) in [4.78, 5) is 38.4. The van der Waals surface area contributed by atoms with E-state index >= 15 is 0 Å². The number of hydrogen-bond donors (Lipinski definition) is 0. The van der Waals surface area contributed by atoms with E-state index in [4.69, 9.17) is 14.2 Å². The van der Waals surface area contributed by atoms with Crippen LogP contribution < -0.4 is 0 Å². The number of unbranched alkanes of at least 4 members (excludes halogenated alkanes) is 49. The van der Waals surface area contributed by atoms with Gasteiger partial charge in [0.2, 0.25) is 0 Å². The second-order valence-corrected chi connectivity index (χ2v) is 23.5. The van der Waals surface area contributed by atoms with E-state index in [9.17, 15) is 14.4 Å². The van der Waals surface area contributed by atoms with E-state index < -0.39 is 6.10 Å². The van der Waals surface area contributed by atoms with Gasteiger partial charge in [0.15, 0.2) is 6.10 Å². The average Bonchev–Trinajstić information content (AvgIpc) is 3.42. The van der Waals surface area contributed by atoms with Crippen LogP contribution in [0.15, 0.2) is 24.3 Å². The highest BCUT2D eigenvalue weighted by atomic mass is 16.6. The maximum absolute atomic E-state index is 12.9. The fourth-order valence-corrected chi connectivity index (χ4v) is 10.5. The Morgan fingerprint density at radius 1 is 0.263 bits per heavy atom. The molecule has 0 aromatic heterocycles. The van der Waals surface area contributed by atoms with Crippen molar-refractivity contribution in [2.24, 2.45) is 0 Å². The number of allylic oxidation sites excluding steroid dienone is 4. The molecule has 0 heterocycles. The van der Waals surface area contributed by atoms with Crippen molar-refractivity contribution in [2.45, 2.75) is 393 Å². The molecule has 448 valence electrons. The van der Waals surface area contributed by atoms with Crippen molar-refractivity contribution in [3.8, 4) is 0 Å². The van der Waals surface area contributed by atoms with E-state index in [1.807, 2.05) is 0 Å². The van der Waals surface area contributed by atoms with Gasteiger partial charge in [0.1, 0.15) is 13.2 Å². The van der Waals surface area contributed by atoms with Crippen molar-refractivity contribution >= 4 is 17.9 Å². The Labute approximate surface area is 474 Å². The van der Waals surface area contributed by atoms with Gasteiger partial charge in [-0.3, -0.25) is 14.4 Å². The van der Waals surface area contributed by atoms with Gasteiger partial charge in [-0.1, -0.05) is 340 Å². The lowest BCUT2D eigenvalue weighted by molar-refractivity contribution is -0.167. The van der Waals surface area contributed by atoms with Crippen LogP contribution in [-0.2, 0) is 28.6 Å². The first-order valence-electron chi connectivity index (χ1n) is 34.3. The lowest BCUT2D eigenvalue weighted by Gasteiger charge is -2.18. The van der Waals surface area contributed by atoms with Crippen LogP contribution in [0.4, 0.5) is 0 Å². The lowest BCUT2D eigenvalue weighted by Crippen LogP contribution is -2.30. The molecular weight excluding hydrogens is 937 g/mol. The van der Waals surface area contributed by atoms with Crippen molar-refractivity contribution in [3.63, 3.8) is 0 Å². The minimum Gasteiger partial charge on any atom is -0.462 e. The predicted octanol–water partition coefficient (Wildman–Crippen LogP) is 23.4. The van der Waals surface area contributed by atoms with Crippen molar-refractivity contribution < 1.29 is 28.6 Å². The van der Waals surface area contributed by atoms with Crippen molar-refractivity contribution in [1.29, 1.82) is 0 Å². The van der Waals surface area contributed by atoms with Gasteiger partial charge in [-0.2, -0.15) is 0 Å². The van der Waals surface area contributed by atoms with Crippen LogP contribution in [0, 0.1) is 0 Å². The monoisotopic (exact) mass is 1070 g/mol. The highest BCUT2D eigenvalue weighted by Crippen LogP contribution is 2.19. The summed E-state index contributed by atoms with van der Waals surface area (Å²) in [5.74, 6) is -0.843. The van der Waals surface area contributed by atoms with Gasteiger partial charge in [-0.25, -0.2) is 0 Å². The molecule has 0 rings (SSSR count). The molecule has 0 saturated carbocycles. The minimum absolute atomic E-state index is 0.0681. The molecule has 0 saturated heterocycles. The Hall–Kier alpha value is -2.11. The predicted molar refractivity (Wildman–Crippen MR) is 330 cm³/mol. The van der Waals surface area contributed by atoms with Crippen molar-refractivity contribution in [2.75, 3.05) is 13.2 Å². The standard InChI is InChI=1S/C70H132O6/c1-4-7-10-13-16-19-22-25-28-31-34-35-36-37-40-42-45-48-51-54-57-60-63-69(72)75-66-67(76-70(73)64-61-58-55-52-49-46-43-39-33-30-27-24-21-18-15-12-9-6-3)65-74-68(71)62-59-56-53-50-47-44-41-38-32-29-26-23-20-17-14-11-8-5-2/h21,24,30,33,67H,4-20,22-23,25-29,31-32,34-66H2,1-3H3/b24-21-,33-30-. The zero-order valence-electron chi connectivity index (χ0n) is 51.6. The Kier molecular flexibility index (Phi) is 63.6. The molecule has 1 unspecified atom stereocenters. The molecule has 6 heteroatoms. The Bertz CT molecular complexity index is 1230. The molecule has 0 bridgehead atoms. The first kappa shape index (κ1) is 73.9. The number of carbonyl (C=O) groups excluding carboxylic acids is 3. The van der Waals surface area contributed by atoms with Gasteiger partial charge < -0.3 is 14.2 Å². The van der Waals surface area contributed by atoms with E-state index in [1.165, 1.54) is 276 Å². The van der Waals surface area contributed by atoms with Gasteiger partial charge >= 0.3 is 17.9 Å². The normalized spacial score (nSPS) is 12.1. The van der Waals surface area contributed by atoms with Gasteiger partial charge in [0.05, 0.1) is 0 Å². The zero-order chi connectivity index (χ0) is 55.0. The minimum atomic E-state index is -0.772. The number of hydrogen-bond acceptors (Lipinski definition) is 6. The maximum Gasteiger partial charge on any atom is 0.306 e. The van der Waals surface area contributed by atoms with Crippen LogP contribution in [-0.4, -0.2) is 37.2 Å². The molecule has 0 amide bonds. The molecule has 0 fully saturated rings. The first-order valence-corrected chi connectivity index (χ1v) is 34.3. The van der Waals surface area contributed by atoms with Crippen LogP contribution in [0.25, 0.3) is 0 Å². The molecule has 0 aliphatic heterocycles. The van der Waals surface area contributed by atoms with Crippen LogP contribution in [0.1, 0.15) is 387 Å². The fourth-order valence-electron chi connectivity index (χ4n) is 10.5. The molecular formula is C70H132O6. The first-order chi connectivity index (χ1) is 37.5. The molecule has 1 atom stereocenters. The lowest BCUT2D eigenvalue weighted by atomic mass is 10.0. The van der Waals surface area contributed by atoms with E-state index in [0.717, 1.165) is 70.6 Å². The second-order valence-electron chi connectivity index (χ2n) is 23.5. The summed E-state index contributed by atoms with van der Waals surface area (Å²) in [6.07, 6.45) is 79.1. The second kappa shape index (κ2) is 65.4. The van der Waals surface area contributed by atoms with Crippen molar-refractivity contribution in [3.05, 3.63) is 24.3 Å². The third kappa shape index (κ3) is 62.7. The number of rotatable bonds is 64. The summed E-state index contributed by atoms with van der Waals surface area (Å²) in [7, 11) is 0. The molecule has 0 spiro atoms. The van der Waals surface area contributed by atoms with Crippen LogP contribution in [0.5, 0.6) is 0 Å². The maximum atomic E-state index is 12.9. The Morgan fingerprint density at radius 3 is 0.737 bits per heavy atom.